The number of benzene rings is 1. The number of nitrogens with zero attached hydrogens (tertiary/aromatic N) is 2. The number of hydrogen-bond donors (Lipinski definition) is 1. The molecule has 1 aromatic carbocycles. The van der Waals surface area contributed by atoms with Crippen LogP contribution in [0.15, 0.2) is 27.8 Å². The Balaban J connectivity index is 2.11. The van der Waals surface area contributed by atoms with E-state index in [1.165, 1.54) is 12.1 Å². The fourth-order valence-corrected chi connectivity index (χ4v) is 3.43. The highest BCUT2D eigenvalue weighted by Crippen LogP contribution is 2.24. The minimum atomic E-state index is -3.86. The highest BCUT2D eigenvalue weighted by Gasteiger charge is 2.24. The van der Waals surface area contributed by atoms with Crippen molar-refractivity contribution in [2.24, 2.45) is 5.92 Å². The fourth-order valence-electron chi connectivity index (χ4n) is 1.71. The molecule has 0 saturated heterocycles. The van der Waals surface area contributed by atoms with Gasteiger partial charge in [-0.15, -0.1) is 5.10 Å². The fraction of sp³-hybridized carbons (Fsp3) is 0.357. The lowest BCUT2D eigenvalue weighted by atomic mass is 10.2. The van der Waals surface area contributed by atoms with Crippen molar-refractivity contribution in [3.63, 3.8) is 0 Å². The van der Waals surface area contributed by atoms with Crippen LogP contribution in [0.4, 0.5) is 0 Å². The van der Waals surface area contributed by atoms with Gasteiger partial charge in [0.2, 0.25) is 21.6 Å². The summed E-state index contributed by atoms with van der Waals surface area (Å²) in [6, 6.07) is 4.51. The first-order chi connectivity index (χ1) is 11.2. The number of sulfone groups is 1. The molecule has 1 amide bonds. The molecule has 130 valence electrons. The van der Waals surface area contributed by atoms with E-state index in [0.717, 1.165) is 0 Å². The lowest BCUT2D eigenvalue weighted by Crippen LogP contribution is -2.27. The van der Waals surface area contributed by atoms with Crippen molar-refractivity contribution in [1.29, 1.82) is 0 Å². The van der Waals surface area contributed by atoms with Crippen LogP contribution in [-0.2, 0) is 26.9 Å². The van der Waals surface area contributed by atoms with Gasteiger partial charge in [0.25, 0.3) is 0 Å². The van der Waals surface area contributed by atoms with Crippen LogP contribution in [-0.4, -0.2) is 24.5 Å². The number of rotatable bonds is 6. The van der Waals surface area contributed by atoms with Crippen LogP contribution in [0.1, 0.15) is 25.3 Å². The zero-order valence-corrected chi connectivity index (χ0v) is 15.2. The summed E-state index contributed by atoms with van der Waals surface area (Å²) in [5.74, 6) is -0.804. The summed E-state index contributed by atoms with van der Waals surface area (Å²) in [4.78, 5) is 11.5. The SMILES string of the molecule is CC(C)C(=O)NCc1nnc(S(=O)(=O)Cc2ccc(Cl)cc2Cl)o1. The first kappa shape index (κ1) is 18.7. The summed E-state index contributed by atoms with van der Waals surface area (Å²) >= 11 is 11.8. The van der Waals surface area contributed by atoms with Crippen LogP contribution in [0.5, 0.6) is 0 Å². The molecule has 1 aromatic heterocycles. The van der Waals surface area contributed by atoms with Crippen LogP contribution < -0.4 is 5.32 Å². The average molecular weight is 392 g/mol. The molecule has 2 aromatic rings. The van der Waals surface area contributed by atoms with E-state index in [1.54, 1.807) is 19.9 Å². The predicted molar refractivity (Wildman–Crippen MR) is 88.3 cm³/mol. The number of aromatic nitrogens is 2. The molecule has 0 aliphatic rings. The third-order valence-corrected chi connectivity index (χ3v) is 4.99. The Labute approximate surface area is 149 Å². The van der Waals surface area contributed by atoms with Crippen molar-refractivity contribution >= 4 is 38.9 Å². The minimum Gasteiger partial charge on any atom is -0.411 e. The number of carbonyl (C=O) groups excluding carboxylic acids is 1. The molecule has 1 N–H and O–H groups in total. The molecule has 0 unspecified atom stereocenters. The molecule has 2 rings (SSSR count). The summed E-state index contributed by atoms with van der Waals surface area (Å²) in [6.07, 6.45) is 0. The molecular weight excluding hydrogens is 377 g/mol. The first-order valence-electron chi connectivity index (χ1n) is 6.96. The van der Waals surface area contributed by atoms with Crippen molar-refractivity contribution in [2.75, 3.05) is 0 Å². The van der Waals surface area contributed by atoms with Gasteiger partial charge in [-0.1, -0.05) is 48.2 Å². The zero-order chi connectivity index (χ0) is 17.9. The number of carbonyl (C=O) groups is 1. The van der Waals surface area contributed by atoms with Crippen LogP contribution >= 0.6 is 23.2 Å². The summed E-state index contributed by atoms with van der Waals surface area (Å²) in [7, 11) is -3.86. The quantitative estimate of drug-likeness (QED) is 0.811. The summed E-state index contributed by atoms with van der Waals surface area (Å²) in [5.41, 5.74) is 0.369. The maximum absolute atomic E-state index is 12.3. The van der Waals surface area contributed by atoms with Crippen LogP contribution in [0.2, 0.25) is 10.0 Å². The second kappa shape index (κ2) is 7.50. The van der Waals surface area contributed by atoms with Crippen LogP contribution in [0, 0.1) is 5.92 Å². The molecule has 0 atom stereocenters. The maximum atomic E-state index is 12.3. The summed E-state index contributed by atoms with van der Waals surface area (Å²) in [6.45, 7) is 3.42. The molecule has 0 saturated carbocycles. The largest absolute Gasteiger partial charge is 0.411 e. The Morgan fingerprint density at radius 2 is 2.00 bits per heavy atom. The number of hydrogen-bond acceptors (Lipinski definition) is 6. The Kier molecular flexibility index (Phi) is 5.84. The third-order valence-electron chi connectivity index (χ3n) is 3.01. The predicted octanol–water partition coefficient (Wildman–Crippen LogP) is 2.62. The van der Waals surface area contributed by atoms with E-state index in [9.17, 15) is 13.2 Å². The molecule has 1 heterocycles. The second-order valence-corrected chi connectivity index (χ2v) is 8.04. The monoisotopic (exact) mass is 391 g/mol. The van der Waals surface area contributed by atoms with E-state index in [4.69, 9.17) is 27.6 Å². The second-order valence-electron chi connectivity index (χ2n) is 5.33. The maximum Gasteiger partial charge on any atom is 0.335 e. The highest BCUT2D eigenvalue weighted by atomic mass is 35.5. The Bertz CT molecular complexity index is 849. The van der Waals surface area contributed by atoms with E-state index in [2.05, 4.69) is 15.5 Å². The van der Waals surface area contributed by atoms with Crippen molar-refractivity contribution < 1.29 is 17.6 Å². The van der Waals surface area contributed by atoms with Gasteiger partial charge in [0, 0.05) is 16.0 Å². The zero-order valence-electron chi connectivity index (χ0n) is 12.9. The van der Waals surface area contributed by atoms with E-state index in [1.807, 2.05) is 0 Å². The van der Waals surface area contributed by atoms with Crippen molar-refractivity contribution in [1.82, 2.24) is 15.5 Å². The standard InChI is InChI=1S/C14H15Cl2N3O4S/c1-8(2)13(20)17-6-12-18-19-14(23-12)24(21,22)7-9-3-4-10(15)5-11(9)16/h3-5,8H,6-7H2,1-2H3,(H,17,20). The van der Waals surface area contributed by atoms with Gasteiger partial charge in [-0.25, -0.2) is 8.42 Å². The van der Waals surface area contributed by atoms with E-state index in [-0.39, 0.29) is 29.3 Å². The first-order valence-corrected chi connectivity index (χ1v) is 9.36. The van der Waals surface area contributed by atoms with Gasteiger partial charge in [-0.2, -0.15) is 0 Å². The molecular formula is C14H15Cl2N3O4S. The topological polar surface area (TPSA) is 102 Å². The van der Waals surface area contributed by atoms with Gasteiger partial charge in [0.05, 0.1) is 12.3 Å². The molecule has 0 radical (unpaired) electrons. The van der Waals surface area contributed by atoms with Crippen LogP contribution in [0.3, 0.4) is 0 Å². The smallest absolute Gasteiger partial charge is 0.335 e. The summed E-state index contributed by atoms with van der Waals surface area (Å²) < 4.78 is 29.8. The average Bonchev–Trinajstić information content (AvgIpc) is 2.97. The van der Waals surface area contributed by atoms with Gasteiger partial charge in [-0.05, 0) is 17.7 Å². The van der Waals surface area contributed by atoms with E-state index < -0.39 is 20.8 Å². The van der Waals surface area contributed by atoms with Crippen LogP contribution in [0.25, 0.3) is 0 Å². The number of halogens is 2. The number of amides is 1. The van der Waals surface area contributed by atoms with Gasteiger partial charge in [-0.3, -0.25) is 4.79 Å². The molecule has 0 bridgehead atoms. The van der Waals surface area contributed by atoms with Gasteiger partial charge >= 0.3 is 5.22 Å². The Morgan fingerprint density at radius 3 is 2.62 bits per heavy atom. The van der Waals surface area contributed by atoms with E-state index >= 15 is 0 Å². The Hall–Kier alpha value is -1.64. The van der Waals surface area contributed by atoms with Gasteiger partial charge in [0.1, 0.15) is 0 Å². The third kappa shape index (κ3) is 4.68. The van der Waals surface area contributed by atoms with Gasteiger partial charge < -0.3 is 9.73 Å². The molecule has 0 aliphatic carbocycles. The Morgan fingerprint density at radius 1 is 1.29 bits per heavy atom. The lowest BCUT2D eigenvalue weighted by molar-refractivity contribution is -0.124. The van der Waals surface area contributed by atoms with Crippen molar-refractivity contribution in [3.8, 4) is 0 Å². The molecule has 7 nitrogen and oxygen atoms in total. The summed E-state index contributed by atoms with van der Waals surface area (Å²) in [5, 5.41) is 9.83. The minimum absolute atomic E-state index is 0.00442. The molecule has 24 heavy (non-hydrogen) atoms. The molecule has 0 spiro atoms. The normalized spacial score (nSPS) is 11.7. The molecule has 10 heteroatoms. The molecule has 0 fully saturated rings. The highest BCUT2D eigenvalue weighted by molar-refractivity contribution is 7.90. The van der Waals surface area contributed by atoms with E-state index in [0.29, 0.717) is 10.6 Å². The lowest BCUT2D eigenvalue weighted by Gasteiger charge is -2.04. The van der Waals surface area contributed by atoms with Gasteiger partial charge in [0.15, 0.2) is 0 Å². The number of nitrogens with one attached hydrogen (secondary N) is 1. The van der Waals surface area contributed by atoms with Crippen molar-refractivity contribution in [2.45, 2.75) is 31.4 Å². The molecule has 0 aliphatic heterocycles. The van der Waals surface area contributed by atoms with Crippen molar-refractivity contribution in [3.05, 3.63) is 39.7 Å².